The van der Waals surface area contributed by atoms with Gasteiger partial charge in [-0.3, -0.25) is 9.36 Å². The molecule has 9 nitrogen and oxygen atoms in total. The van der Waals surface area contributed by atoms with Gasteiger partial charge < -0.3 is 15.4 Å². The second-order valence-corrected chi connectivity index (χ2v) is 10.7. The predicted molar refractivity (Wildman–Crippen MR) is 168 cm³/mol. The number of aromatic nitrogens is 4. The fraction of sp³-hybridized carbons (Fsp3) is 0.114. The third-order valence-corrected chi connectivity index (χ3v) is 7.98. The molecule has 4 heterocycles. The Morgan fingerprint density at radius 3 is 2.36 bits per heavy atom. The van der Waals surface area contributed by atoms with Gasteiger partial charge >= 0.3 is 5.97 Å². The highest BCUT2D eigenvalue weighted by Crippen LogP contribution is 2.34. The molecule has 0 aliphatic carbocycles. The third-order valence-electron chi connectivity index (χ3n) is 7.98. The molecule has 3 aromatic carbocycles. The number of fused-ring (bicyclic) bond motifs is 1. The molecule has 7 rings (SSSR count). The molecule has 0 radical (unpaired) electrons. The van der Waals surface area contributed by atoms with Gasteiger partial charge in [-0.25, -0.2) is 19.7 Å². The Hall–Kier alpha value is -5.83. The van der Waals surface area contributed by atoms with Crippen LogP contribution in [0.1, 0.15) is 32.2 Å². The van der Waals surface area contributed by atoms with E-state index in [1.54, 1.807) is 35.4 Å². The first kappa shape index (κ1) is 27.0. The van der Waals surface area contributed by atoms with E-state index < -0.39 is 5.97 Å². The largest absolute Gasteiger partial charge is 0.465 e. The minimum absolute atomic E-state index is 0.104. The number of amides is 1. The van der Waals surface area contributed by atoms with Gasteiger partial charge in [-0.2, -0.15) is 0 Å². The summed E-state index contributed by atoms with van der Waals surface area (Å²) in [6.07, 6.45) is 1.66. The van der Waals surface area contributed by atoms with Crippen LogP contribution in [0.3, 0.4) is 0 Å². The van der Waals surface area contributed by atoms with Crippen LogP contribution in [0.2, 0.25) is 0 Å². The van der Waals surface area contributed by atoms with Crippen molar-refractivity contribution in [1.82, 2.24) is 24.4 Å². The smallest absolute Gasteiger partial charge is 0.337 e. The number of hydrogen-bond acceptors (Lipinski definition) is 7. The highest BCUT2D eigenvalue weighted by molar-refractivity contribution is 5.98. The van der Waals surface area contributed by atoms with E-state index in [-0.39, 0.29) is 11.8 Å². The molecular weight excluding hydrogens is 552 g/mol. The van der Waals surface area contributed by atoms with Gasteiger partial charge in [-0.05, 0) is 60.2 Å². The lowest BCUT2D eigenvalue weighted by molar-refractivity contribution is 0.0599. The van der Waals surface area contributed by atoms with Gasteiger partial charge in [-0.15, -0.1) is 0 Å². The first-order valence-corrected chi connectivity index (χ1v) is 14.2. The summed E-state index contributed by atoms with van der Waals surface area (Å²) < 4.78 is 6.81. The zero-order valence-electron chi connectivity index (χ0n) is 23.9. The van der Waals surface area contributed by atoms with Gasteiger partial charge in [0.1, 0.15) is 11.3 Å². The van der Waals surface area contributed by atoms with Gasteiger partial charge in [-0.1, -0.05) is 48.5 Å². The maximum atomic E-state index is 13.1. The molecule has 1 fully saturated rings. The number of anilines is 1. The number of likely N-dealkylation sites (tertiary alicyclic amines) is 1. The number of hydrogen-bond donors (Lipinski definition) is 1. The van der Waals surface area contributed by atoms with Crippen LogP contribution >= 0.6 is 0 Å². The summed E-state index contributed by atoms with van der Waals surface area (Å²) in [6.45, 7) is 1.18. The number of rotatable bonds is 6. The van der Waals surface area contributed by atoms with Gasteiger partial charge in [0.2, 0.25) is 0 Å². The Bertz CT molecular complexity index is 2010. The number of esters is 1. The van der Waals surface area contributed by atoms with Crippen molar-refractivity contribution in [2.45, 2.75) is 5.92 Å². The van der Waals surface area contributed by atoms with Gasteiger partial charge in [0, 0.05) is 42.0 Å². The van der Waals surface area contributed by atoms with Crippen LogP contribution < -0.4 is 5.73 Å². The van der Waals surface area contributed by atoms with Crippen LogP contribution in [0.15, 0.2) is 109 Å². The van der Waals surface area contributed by atoms with Crippen molar-refractivity contribution in [3.05, 3.63) is 126 Å². The van der Waals surface area contributed by atoms with E-state index in [9.17, 15) is 9.59 Å². The number of nitrogens with zero attached hydrogens (tertiary/aromatic N) is 5. The normalized spacial score (nSPS) is 13.1. The summed E-state index contributed by atoms with van der Waals surface area (Å²) in [4.78, 5) is 41.0. The van der Waals surface area contributed by atoms with Gasteiger partial charge in [0.15, 0.2) is 11.5 Å². The lowest BCUT2D eigenvalue weighted by Crippen LogP contribution is -2.48. The van der Waals surface area contributed by atoms with Crippen LogP contribution in [0.25, 0.3) is 39.5 Å². The van der Waals surface area contributed by atoms with Crippen LogP contribution in [-0.4, -0.2) is 56.5 Å². The molecule has 1 aliphatic rings. The first-order valence-electron chi connectivity index (χ1n) is 14.2. The van der Waals surface area contributed by atoms with E-state index >= 15 is 0 Å². The Kier molecular flexibility index (Phi) is 6.82. The number of nitrogens with two attached hydrogens (primary N) is 1. The topological polar surface area (TPSA) is 116 Å². The number of benzene rings is 3. The fourth-order valence-corrected chi connectivity index (χ4v) is 5.59. The summed E-state index contributed by atoms with van der Waals surface area (Å²) in [7, 11) is 1.32. The van der Waals surface area contributed by atoms with E-state index in [4.69, 9.17) is 20.4 Å². The van der Waals surface area contributed by atoms with Crippen LogP contribution in [0.5, 0.6) is 0 Å². The van der Waals surface area contributed by atoms with Crippen LogP contribution in [0, 0.1) is 0 Å². The Balaban J connectivity index is 1.18. The minimum Gasteiger partial charge on any atom is -0.465 e. The zero-order valence-corrected chi connectivity index (χ0v) is 23.9. The molecule has 1 amide bonds. The maximum Gasteiger partial charge on any atom is 0.337 e. The van der Waals surface area contributed by atoms with E-state index in [0.29, 0.717) is 41.5 Å². The lowest BCUT2D eigenvalue weighted by Gasteiger charge is -2.39. The maximum absolute atomic E-state index is 13.1. The number of carbonyl (C=O) groups excluding carboxylic acids is 2. The second kappa shape index (κ2) is 11.1. The van der Waals surface area contributed by atoms with Crippen molar-refractivity contribution >= 4 is 28.9 Å². The average Bonchev–Trinajstić information content (AvgIpc) is 3.43. The summed E-state index contributed by atoms with van der Waals surface area (Å²) in [5.74, 6) is 0.679. The van der Waals surface area contributed by atoms with Gasteiger partial charge in [0.25, 0.3) is 5.91 Å². The summed E-state index contributed by atoms with van der Waals surface area (Å²) in [5.41, 5.74) is 13.2. The van der Waals surface area contributed by atoms with E-state index in [1.165, 1.54) is 7.11 Å². The van der Waals surface area contributed by atoms with Crippen molar-refractivity contribution < 1.29 is 14.3 Å². The summed E-state index contributed by atoms with van der Waals surface area (Å²) in [5, 5.41) is 0. The van der Waals surface area contributed by atoms with E-state index in [2.05, 4.69) is 17.1 Å². The highest BCUT2D eigenvalue weighted by atomic mass is 16.5. The van der Waals surface area contributed by atoms with Crippen molar-refractivity contribution in [3.8, 4) is 28.3 Å². The first-order chi connectivity index (χ1) is 21.5. The quantitative estimate of drug-likeness (QED) is 0.249. The molecule has 1 saturated heterocycles. The minimum atomic E-state index is -0.465. The molecule has 6 aromatic rings. The molecule has 2 N–H and O–H groups in total. The van der Waals surface area contributed by atoms with Crippen LogP contribution in [-0.2, 0) is 4.74 Å². The molecule has 44 heavy (non-hydrogen) atoms. The summed E-state index contributed by atoms with van der Waals surface area (Å²) in [6, 6.07) is 32.6. The highest BCUT2D eigenvalue weighted by Gasteiger charge is 2.32. The molecule has 0 spiro atoms. The van der Waals surface area contributed by atoms with Crippen molar-refractivity contribution in [2.24, 2.45) is 0 Å². The van der Waals surface area contributed by atoms with Crippen LogP contribution in [0.4, 0.5) is 5.82 Å². The van der Waals surface area contributed by atoms with Crippen molar-refractivity contribution in [2.75, 3.05) is 25.9 Å². The number of carbonyl (C=O) groups is 2. The van der Waals surface area contributed by atoms with Crippen molar-refractivity contribution in [1.29, 1.82) is 0 Å². The van der Waals surface area contributed by atoms with Gasteiger partial charge in [0.05, 0.1) is 23.9 Å². The lowest BCUT2D eigenvalue weighted by atomic mass is 9.90. The van der Waals surface area contributed by atoms with Crippen molar-refractivity contribution in [3.63, 3.8) is 0 Å². The number of ether oxygens (including phenoxy) is 1. The van der Waals surface area contributed by atoms with E-state index in [1.807, 2.05) is 71.3 Å². The molecule has 0 saturated carbocycles. The molecule has 216 valence electrons. The molecule has 1 aliphatic heterocycles. The number of nitrogen functional groups attached to an aromatic ring is 1. The molecule has 0 atom stereocenters. The van der Waals surface area contributed by atoms with E-state index in [0.717, 1.165) is 33.6 Å². The number of imidazole rings is 1. The Labute approximate surface area is 253 Å². The SMILES string of the molecule is COC(=O)c1cccc(C(=O)N2CC(c3ccc(-n4c(-c5cccnc5N)nc5ccc(-c6ccccc6)nc54)cc3)C2)c1. The molecular formula is C35H28N6O3. The molecule has 3 aromatic heterocycles. The predicted octanol–water partition coefficient (Wildman–Crippen LogP) is 5.76. The zero-order chi connectivity index (χ0) is 30.2. The third kappa shape index (κ3) is 4.84. The average molecular weight is 581 g/mol. The number of pyridine rings is 2. The standard InChI is InChI=1S/C35H28N6O3/c1-44-35(43)25-10-5-9-24(19-25)34(42)40-20-26(21-40)22-12-14-27(15-13-22)41-32(28-11-6-18-37-31(28)36)39-30-17-16-29(38-33(30)41)23-7-3-2-4-8-23/h2-19,26H,20-21H2,1H3,(H2,36,37). The Morgan fingerprint density at radius 2 is 1.61 bits per heavy atom. The second-order valence-electron chi connectivity index (χ2n) is 10.7. The molecule has 9 heteroatoms. The monoisotopic (exact) mass is 580 g/mol. The number of methoxy groups -OCH3 is 1. The summed E-state index contributed by atoms with van der Waals surface area (Å²) >= 11 is 0. The molecule has 0 bridgehead atoms. The fourth-order valence-electron chi connectivity index (χ4n) is 5.59. The molecule has 0 unspecified atom stereocenters. The Morgan fingerprint density at radius 1 is 0.841 bits per heavy atom.